The van der Waals surface area contributed by atoms with E-state index in [0.717, 1.165) is 4.90 Å². The summed E-state index contributed by atoms with van der Waals surface area (Å²) in [4.78, 5) is 65.7. The lowest BCUT2D eigenvalue weighted by Crippen LogP contribution is -2.47. The monoisotopic (exact) mass is 560 g/mol. The minimum Gasteiger partial charge on any atom is -0.462 e. The van der Waals surface area contributed by atoms with Crippen LogP contribution in [0.5, 0.6) is 0 Å². The standard InChI is InChI=1S/C27H26Cl2N2O7/c1-2-37-26(35)16-3-6-19(7-4-16)31-24(33)14-22(25(31)34)30-11-9-17(10-12-30)27(36)38-15-23(32)20-8-5-18(28)13-21(20)29/h3-8,13,17,22H,2,9-12,14-15H2,1H3/t22-/m1/s1. The van der Waals surface area contributed by atoms with Gasteiger partial charge in [-0.2, -0.15) is 0 Å². The molecule has 2 aliphatic rings. The molecule has 2 aromatic carbocycles. The van der Waals surface area contributed by atoms with Gasteiger partial charge < -0.3 is 9.47 Å². The van der Waals surface area contributed by atoms with E-state index in [2.05, 4.69) is 0 Å². The van der Waals surface area contributed by atoms with Gasteiger partial charge in [0.05, 0.1) is 41.3 Å². The Morgan fingerprint density at radius 3 is 2.29 bits per heavy atom. The molecule has 0 saturated carbocycles. The SMILES string of the molecule is CCOC(=O)c1ccc(N2C(=O)C[C@@H](N3CCC(C(=O)OCC(=O)c4ccc(Cl)cc4Cl)CC3)C2=O)cc1. The lowest BCUT2D eigenvalue weighted by atomic mass is 9.95. The van der Waals surface area contributed by atoms with Gasteiger partial charge in [-0.05, 0) is 75.3 Å². The first-order valence-electron chi connectivity index (χ1n) is 12.2. The summed E-state index contributed by atoms with van der Waals surface area (Å²) in [6.45, 7) is 2.38. The second-order valence-corrected chi connectivity index (χ2v) is 9.86. The maximum Gasteiger partial charge on any atom is 0.338 e. The third kappa shape index (κ3) is 6.06. The normalized spacial score (nSPS) is 18.5. The average Bonchev–Trinajstić information content (AvgIpc) is 3.20. The van der Waals surface area contributed by atoms with Crippen LogP contribution >= 0.6 is 23.2 Å². The van der Waals surface area contributed by atoms with E-state index in [1.165, 1.54) is 30.3 Å². The molecule has 38 heavy (non-hydrogen) atoms. The zero-order chi connectivity index (χ0) is 27.4. The molecular formula is C27H26Cl2N2O7. The number of amides is 2. The second kappa shape index (κ2) is 12.1. The Morgan fingerprint density at radius 2 is 1.66 bits per heavy atom. The fourth-order valence-corrected chi connectivity index (χ4v) is 5.14. The molecule has 0 N–H and O–H groups in total. The summed E-state index contributed by atoms with van der Waals surface area (Å²) in [6, 6.07) is 9.97. The van der Waals surface area contributed by atoms with E-state index in [0.29, 0.717) is 42.2 Å². The number of ether oxygens (including phenoxy) is 2. The highest BCUT2D eigenvalue weighted by atomic mass is 35.5. The average molecular weight is 561 g/mol. The van der Waals surface area contributed by atoms with Crippen molar-refractivity contribution in [3.63, 3.8) is 0 Å². The van der Waals surface area contributed by atoms with Crippen LogP contribution in [0.1, 0.15) is 46.9 Å². The summed E-state index contributed by atoms with van der Waals surface area (Å²) < 4.78 is 10.2. The van der Waals surface area contributed by atoms with Gasteiger partial charge in [0.2, 0.25) is 11.7 Å². The first-order chi connectivity index (χ1) is 18.2. The van der Waals surface area contributed by atoms with Crippen molar-refractivity contribution in [2.24, 2.45) is 5.92 Å². The molecule has 0 aliphatic carbocycles. The predicted octanol–water partition coefficient (Wildman–Crippen LogP) is 3.94. The van der Waals surface area contributed by atoms with Gasteiger partial charge in [-0.3, -0.25) is 24.1 Å². The third-order valence-electron chi connectivity index (χ3n) is 6.64. The van der Waals surface area contributed by atoms with E-state index >= 15 is 0 Å². The molecule has 0 bridgehead atoms. The van der Waals surface area contributed by atoms with Gasteiger partial charge in [0.1, 0.15) is 0 Å². The maximum absolute atomic E-state index is 13.1. The van der Waals surface area contributed by atoms with Crippen LogP contribution in [0.4, 0.5) is 5.69 Å². The van der Waals surface area contributed by atoms with Gasteiger partial charge in [-0.15, -0.1) is 0 Å². The molecule has 2 aromatic rings. The van der Waals surface area contributed by atoms with Crippen LogP contribution in [0.2, 0.25) is 10.0 Å². The Labute approximate surface area is 229 Å². The molecule has 9 nitrogen and oxygen atoms in total. The topological polar surface area (TPSA) is 110 Å². The number of anilines is 1. The number of likely N-dealkylation sites (tertiary alicyclic amines) is 1. The van der Waals surface area contributed by atoms with E-state index in [1.54, 1.807) is 19.1 Å². The van der Waals surface area contributed by atoms with Crippen LogP contribution in [-0.4, -0.2) is 66.8 Å². The highest BCUT2D eigenvalue weighted by Gasteiger charge is 2.44. The number of esters is 2. The Balaban J connectivity index is 1.29. The Bertz CT molecular complexity index is 1260. The number of rotatable bonds is 8. The number of carbonyl (C=O) groups is 5. The molecule has 11 heteroatoms. The quantitative estimate of drug-likeness (QED) is 0.271. The fraction of sp³-hybridized carbons (Fsp3) is 0.370. The van der Waals surface area contributed by atoms with Crippen molar-refractivity contribution in [2.75, 3.05) is 31.2 Å². The number of halogens is 2. The van der Waals surface area contributed by atoms with Crippen LogP contribution in [0, 0.1) is 5.92 Å². The molecule has 4 rings (SSSR count). The van der Waals surface area contributed by atoms with Crippen molar-refractivity contribution in [1.82, 2.24) is 4.90 Å². The summed E-state index contributed by atoms with van der Waals surface area (Å²) in [5.41, 5.74) is 0.945. The second-order valence-electron chi connectivity index (χ2n) is 9.02. The van der Waals surface area contributed by atoms with Crippen molar-refractivity contribution in [3.05, 3.63) is 63.6 Å². The number of benzene rings is 2. The van der Waals surface area contributed by atoms with Crippen molar-refractivity contribution in [2.45, 2.75) is 32.2 Å². The minimum atomic E-state index is -0.627. The van der Waals surface area contributed by atoms with Crippen molar-refractivity contribution in [3.8, 4) is 0 Å². The fourth-order valence-electron chi connectivity index (χ4n) is 4.63. The van der Waals surface area contributed by atoms with Crippen LogP contribution in [0.15, 0.2) is 42.5 Å². The van der Waals surface area contributed by atoms with Crippen molar-refractivity contribution >= 4 is 58.4 Å². The van der Waals surface area contributed by atoms with Gasteiger partial charge in [0, 0.05) is 10.6 Å². The zero-order valence-electron chi connectivity index (χ0n) is 20.7. The number of hydrogen-bond acceptors (Lipinski definition) is 8. The number of ketones is 1. The number of imide groups is 1. The van der Waals surface area contributed by atoms with Crippen LogP contribution in [0.3, 0.4) is 0 Å². The summed E-state index contributed by atoms with van der Waals surface area (Å²) in [6.07, 6.45) is 0.895. The number of carbonyl (C=O) groups excluding carboxylic acids is 5. The maximum atomic E-state index is 13.1. The predicted molar refractivity (Wildman–Crippen MR) is 139 cm³/mol. The molecule has 2 amide bonds. The molecule has 0 unspecified atom stereocenters. The minimum absolute atomic E-state index is 0.0317. The molecule has 0 radical (unpaired) electrons. The Morgan fingerprint density at radius 1 is 0.974 bits per heavy atom. The van der Waals surface area contributed by atoms with Crippen LogP contribution in [0.25, 0.3) is 0 Å². The summed E-state index contributed by atoms with van der Waals surface area (Å²) >= 11 is 11.9. The highest BCUT2D eigenvalue weighted by Crippen LogP contribution is 2.29. The zero-order valence-corrected chi connectivity index (χ0v) is 22.2. The molecule has 1 atom stereocenters. The highest BCUT2D eigenvalue weighted by molar-refractivity contribution is 6.36. The van der Waals surface area contributed by atoms with Crippen LogP contribution < -0.4 is 4.90 Å². The first kappa shape index (κ1) is 27.8. The lowest BCUT2D eigenvalue weighted by Gasteiger charge is -2.33. The smallest absolute Gasteiger partial charge is 0.338 e. The number of piperidine rings is 1. The molecule has 2 aliphatic heterocycles. The van der Waals surface area contributed by atoms with Crippen LogP contribution in [-0.2, 0) is 23.9 Å². The van der Waals surface area contributed by atoms with Gasteiger partial charge >= 0.3 is 11.9 Å². The first-order valence-corrected chi connectivity index (χ1v) is 13.0. The van der Waals surface area contributed by atoms with E-state index in [1.807, 2.05) is 4.90 Å². The third-order valence-corrected chi connectivity index (χ3v) is 7.19. The van der Waals surface area contributed by atoms with E-state index in [9.17, 15) is 24.0 Å². The molecular weight excluding hydrogens is 535 g/mol. The van der Waals surface area contributed by atoms with Crippen molar-refractivity contribution in [1.29, 1.82) is 0 Å². The summed E-state index contributed by atoms with van der Waals surface area (Å²) in [7, 11) is 0. The molecule has 2 saturated heterocycles. The molecule has 0 aromatic heterocycles. The summed E-state index contributed by atoms with van der Waals surface area (Å²) in [5.74, 6) is -2.48. The number of nitrogens with zero attached hydrogens (tertiary/aromatic N) is 2. The lowest BCUT2D eigenvalue weighted by molar-refractivity contribution is -0.149. The van der Waals surface area contributed by atoms with E-state index in [4.69, 9.17) is 32.7 Å². The van der Waals surface area contributed by atoms with Gasteiger partial charge in [0.25, 0.3) is 5.91 Å². The van der Waals surface area contributed by atoms with E-state index < -0.39 is 36.3 Å². The Hall–Kier alpha value is -3.27. The number of hydrogen-bond donors (Lipinski definition) is 0. The van der Waals surface area contributed by atoms with Gasteiger partial charge in [0.15, 0.2) is 6.61 Å². The molecule has 2 fully saturated rings. The molecule has 2 heterocycles. The largest absolute Gasteiger partial charge is 0.462 e. The molecule has 200 valence electrons. The molecule has 0 spiro atoms. The van der Waals surface area contributed by atoms with Gasteiger partial charge in [-0.1, -0.05) is 23.2 Å². The van der Waals surface area contributed by atoms with Gasteiger partial charge in [-0.25, -0.2) is 9.69 Å². The van der Waals surface area contributed by atoms with E-state index in [-0.39, 0.29) is 35.4 Å². The Kier molecular flexibility index (Phi) is 8.81. The number of Topliss-reactive ketones (excluding diaryl/α,β-unsaturated/α-hetero) is 1. The summed E-state index contributed by atoms with van der Waals surface area (Å²) in [5, 5.41) is 0.583. The van der Waals surface area contributed by atoms with Crippen molar-refractivity contribution < 1.29 is 33.4 Å².